The Morgan fingerprint density at radius 1 is 0.875 bits per heavy atom. The van der Waals surface area contributed by atoms with E-state index in [1.54, 1.807) is 50.2 Å². The quantitative estimate of drug-likeness (QED) is 0.527. The molecule has 0 heterocycles. The number of ketones is 2. The van der Waals surface area contributed by atoms with E-state index in [0.29, 0.717) is 11.1 Å². The summed E-state index contributed by atoms with van der Waals surface area (Å²) in [7, 11) is 1.41. The van der Waals surface area contributed by atoms with Crippen LogP contribution in [0.4, 0.5) is 0 Å². The van der Waals surface area contributed by atoms with E-state index in [0.717, 1.165) is 0 Å². The van der Waals surface area contributed by atoms with Crippen LogP contribution in [0.2, 0.25) is 0 Å². The lowest BCUT2D eigenvalue weighted by Gasteiger charge is -2.38. The van der Waals surface area contributed by atoms with E-state index >= 15 is 0 Å². The van der Waals surface area contributed by atoms with Crippen LogP contribution in [0.15, 0.2) is 48.0 Å². The van der Waals surface area contributed by atoms with Gasteiger partial charge >= 0.3 is 11.9 Å². The van der Waals surface area contributed by atoms with Crippen molar-refractivity contribution in [2.75, 3.05) is 20.3 Å². The molecule has 0 fully saturated rings. The fraction of sp³-hybridized carbons (Fsp3) is 0.280. The van der Waals surface area contributed by atoms with Gasteiger partial charge in [0.25, 0.3) is 0 Å². The molecule has 32 heavy (non-hydrogen) atoms. The lowest BCUT2D eigenvalue weighted by atomic mass is 9.62. The van der Waals surface area contributed by atoms with Crippen molar-refractivity contribution in [2.24, 2.45) is 5.41 Å². The summed E-state index contributed by atoms with van der Waals surface area (Å²) in [5.74, 6) is -2.66. The Bertz CT molecular complexity index is 1170. The number of rotatable bonds is 5. The van der Waals surface area contributed by atoms with Gasteiger partial charge in [-0.3, -0.25) is 19.2 Å². The fourth-order valence-electron chi connectivity index (χ4n) is 4.51. The summed E-state index contributed by atoms with van der Waals surface area (Å²) >= 11 is 0. The van der Waals surface area contributed by atoms with Gasteiger partial charge in [-0.25, -0.2) is 0 Å². The standard InChI is InChI=1S/C25H22O7/c1-4-31-23(28)25(24(29)32-5-2)13-14-9-6-7-10-15(14)19-20(25)21(26)16-11-8-12-17(30-3)18(16)22(19)27/h6-12H,4-5,13H2,1-3H3. The Hall–Kier alpha value is -3.74. The van der Waals surface area contributed by atoms with E-state index in [9.17, 15) is 19.2 Å². The predicted molar refractivity (Wildman–Crippen MR) is 114 cm³/mol. The topological polar surface area (TPSA) is 96.0 Å². The molecule has 7 nitrogen and oxygen atoms in total. The molecule has 0 aromatic heterocycles. The maximum atomic E-state index is 13.8. The lowest BCUT2D eigenvalue weighted by Crippen LogP contribution is -2.51. The number of allylic oxidation sites excluding steroid dienone is 1. The number of methoxy groups -OCH3 is 1. The molecule has 0 bridgehead atoms. The average molecular weight is 434 g/mol. The van der Waals surface area contributed by atoms with E-state index in [1.807, 2.05) is 0 Å². The number of hydrogen-bond acceptors (Lipinski definition) is 7. The molecule has 2 aliphatic rings. The van der Waals surface area contributed by atoms with Crippen LogP contribution in [-0.2, 0) is 25.5 Å². The first-order valence-electron chi connectivity index (χ1n) is 10.4. The van der Waals surface area contributed by atoms with Gasteiger partial charge < -0.3 is 14.2 Å². The van der Waals surface area contributed by atoms with Crippen molar-refractivity contribution in [3.8, 4) is 5.75 Å². The normalized spacial score (nSPS) is 16.0. The Morgan fingerprint density at radius 3 is 2.12 bits per heavy atom. The van der Waals surface area contributed by atoms with Crippen LogP contribution in [0.1, 0.15) is 45.7 Å². The van der Waals surface area contributed by atoms with Gasteiger partial charge in [-0.2, -0.15) is 0 Å². The minimum atomic E-state index is -2.08. The lowest BCUT2D eigenvalue weighted by molar-refractivity contribution is -0.168. The zero-order valence-corrected chi connectivity index (χ0v) is 18.0. The van der Waals surface area contributed by atoms with Gasteiger partial charge in [-0.1, -0.05) is 36.4 Å². The Balaban J connectivity index is 2.11. The number of benzene rings is 2. The minimum absolute atomic E-state index is 0.00318. The molecule has 0 aliphatic heterocycles. The van der Waals surface area contributed by atoms with Crippen molar-refractivity contribution in [1.29, 1.82) is 0 Å². The Morgan fingerprint density at radius 2 is 1.50 bits per heavy atom. The van der Waals surface area contributed by atoms with Gasteiger partial charge in [0.15, 0.2) is 17.0 Å². The van der Waals surface area contributed by atoms with Crippen molar-refractivity contribution in [3.63, 3.8) is 0 Å². The summed E-state index contributed by atoms with van der Waals surface area (Å²) in [6, 6.07) is 11.6. The molecule has 0 radical (unpaired) electrons. The largest absolute Gasteiger partial charge is 0.496 e. The first-order chi connectivity index (χ1) is 15.4. The van der Waals surface area contributed by atoms with Crippen LogP contribution in [-0.4, -0.2) is 43.8 Å². The molecule has 0 unspecified atom stereocenters. The second-order valence-corrected chi connectivity index (χ2v) is 7.47. The molecule has 0 amide bonds. The summed E-state index contributed by atoms with van der Waals surface area (Å²) in [6.07, 6.45) is -0.141. The van der Waals surface area contributed by atoms with Crippen LogP contribution in [0.3, 0.4) is 0 Å². The van der Waals surface area contributed by atoms with Gasteiger partial charge in [0.05, 0.1) is 25.9 Å². The van der Waals surface area contributed by atoms with Gasteiger partial charge in [0.2, 0.25) is 0 Å². The maximum Gasteiger partial charge on any atom is 0.328 e. The van der Waals surface area contributed by atoms with Crippen molar-refractivity contribution < 1.29 is 33.4 Å². The van der Waals surface area contributed by atoms with Crippen molar-refractivity contribution in [1.82, 2.24) is 0 Å². The zero-order chi connectivity index (χ0) is 23.0. The fourth-order valence-corrected chi connectivity index (χ4v) is 4.51. The minimum Gasteiger partial charge on any atom is -0.496 e. The van der Waals surface area contributed by atoms with E-state index in [-0.39, 0.29) is 47.7 Å². The number of ether oxygens (including phenoxy) is 3. The number of fused-ring (bicyclic) bond motifs is 3. The molecule has 0 N–H and O–H groups in total. The molecule has 2 aromatic carbocycles. The summed E-state index contributed by atoms with van der Waals surface area (Å²) in [4.78, 5) is 54.3. The molecule has 4 rings (SSSR count). The van der Waals surface area contributed by atoms with Crippen molar-refractivity contribution in [3.05, 3.63) is 70.3 Å². The summed E-state index contributed by atoms with van der Waals surface area (Å²) < 4.78 is 15.9. The molecule has 2 aliphatic carbocycles. The van der Waals surface area contributed by atoms with E-state index in [1.165, 1.54) is 13.2 Å². The highest BCUT2D eigenvalue weighted by Gasteiger charge is 2.60. The van der Waals surface area contributed by atoms with Crippen LogP contribution in [0, 0.1) is 5.41 Å². The van der Waals surface area contributed by atoms with E-state index in [2.05, 4.69) is 0 Å². The van der Waals surface area contributed by atoms with Crippen LogP contribution in [0.5, 0.6) is 5.75 Å². The van der Waals surface area contributed by atoms with Gasteiger partial charge in [0, 0.05) is 23.1 Å². The third-order valence-electron chi connectivity index (χ3n) is 5.84. The third kappa shape index (κ3) is 2.88. The van der Waals surface area contributed by atoms with Gasteiger partial charge in [-0.05, 0) is 31.0 Å². The highest BCUT2D eigenvalue weighted by molar-refractivity contribution is 6.44. The number of esters is 2. The second kappa shape index (κ2) is 8.07. The molecule has 0 saturated heterocycles. The molecule has 7 heteroatoms. The van der Waals surface area contributed by atoms with E-state index < -0.39 is 28.9 Å². The summed E-state index contributed by atoms with van der Waals surface area (Å²) in [6.45, 7) is 3.21. The number of hydrogen-bond donors (Lipinski definition) is 0. The molecular weight excluding hydrogens is 412 g/mol. The smallest absolute Gasteiger partial charge is 0.328 e. The number of Topliss-reactive ketones (excluding diaryl/α,β-unsaturated/α-hetero) is 2. The van der Waals surface area contributed by atoms with Crippen molar-refractivity contribution >= 4 is 29.1 Å². The second-order valence-electron chi connectivity index (χ2n) is 7.47. The van der Waals surface area contributed by atoms with E-state index in [4.69, 9.17) is 14.2 Å². The first kappa shape index (κ1) is 21.5. The molecule has 2 aromatic rings. The Labute approximate surface area is 185 Å². The monoisotopic (exact) mass is 434 g/mol. The molecular formula is C25H22O7. The van der Waals surface area contributed by atoms with Crippen LogP contribution < -0.4 is 4.74 Å². The average Bonchev–Trinajstić information content (AvgIpc) is 2.80. The first-order valence-corrected chi connectivity index (χ1v) is 10.4. The van der Waals surface area contributed by atoms with Crippen LogP contribution in [0.25, 0.3) is 5.57 Å². The highest BCUT2D eigenvalue weighted by atomic mass is 16.6. The summed E-state index contributed by atoms with van der Waals surface area (Å²) in [5, 5.41) is 0. The number of carbonyl (C=O) groups excluding carboxylic acids is 4. The van der Waals surface area contributed by atoms with Gasteiger partial charge in [-0.15, -0.1) is 0 Å². The summed E-state index contributed by atoms with van der Waals surface area (Å²) in [5.41, 5.74) is -1.01. The molecule has 0 atom stereocenters. The molecule has 0 saturated carbocycles. The maximum absolute atomic E-state index is 13.8. The van der Waals surface area contributed by atoms with Gasteiger partial charge in [0.1, 0.15) is 5.75 Å². The van der Waals surface area contributed by atoms with Crippen molar-refractivity contribution in [2.45, 2.75) is 20.3 Å². The third-order valence-corrected chi connectivity index (χ3v) is 5.84. The predicted octanol–water partition coefficient (Wildman–Crippen LogP) is 3.20. The highest BCUT2D eigenvalue weighted by Crippen LogP contribution is 2.50. The Kier molecular flexibility index (Phi) is 5.42. The zero-order valence-electron chi connectivity index (χ0n) is 18.0. The SMILES string of the molecule is CCOC(=O)C1(C(=O)OCC)Cc2ccccc2C2=C1C(=O)c1cccc(OC)c1C2=O. The number of carbonyl (C=O) groups is 4. The molecule has 164 valence electrons. The molecule has 0 spiro atoms. The van der Waals surface area contributed by atoms with Crippen LogP contribution >= 0.6 is 0 Å².